The molecule has 1 unspecified atom stereocenters. The summed E-state index contributed by atoms with van der Waals surface area (Å²) in [4.78, 5) is 5.58. The Bertz CT molecular complexity index is 390. The number of rotatable bonds is 4. The molecule has 18 heavy (non-hydrogen) atoms. The average Bonchev–Trinajstić information content (AvgIpc) is 2.53. The van der Waals surface area contributed by atoms with Gasteiger partial charge in [0, 0.05) is 5.56 Å². The first-order valence-electron chi connectivity index (χ1n) is 6.78. The lowest BCUT2D eigenvalue weighted by Gasteiger charge is -2.19. The molecule has 1 heterocycles. The number of hydrogen-bond donors (Lipinski definition) is 1. The SMILES string of the molecule is Cc1cccc2c1OCCCC2NOCC(C)C. The summed E-state index contributed by atoms with van der Waals surface area (Å²) in [6.45, 7) is 7.92. The predicted octanol–water partition coefficient (Wildman–Crippen LogP) is 3.39. The van der Waals surface area contributed by atoms with Crippen LogP contribution in [0.25, 0.3) is 0 Å². The molecular weight excluding hydrogens is 226 g/mol. The second kappa shape index (κ2) is 6.21. The number of benzene rings is 1. The molecule has 1 N–H and O–H groups in total. The van der Waals surface area contributed by atoms with E-state index in [-0.39, 0.29) is 6.04 Å². The van der Waals surface area contributed by atoms with Gasteiger partial charge in [0.25, 0.3) is 0 Å². The second-order valence-corrected chi connectivity index (χ2v) is 5.36. The molecule has 3 heteroatoms. The van der Waals surface area contributed by atoms with Gasteiger partial charge in [-0.2, -0.15) is 5.48 Å². The van der Waals surface area contributed by atoms with E-state index in [4.69, 9.17) is 9.57 Å². The molecule has 1 aromatic rings. The van der Waals surface area contributed by atoms with E-state index >= 15 is 0 Å². The van der Waals surface area contributed by atoms with Crippen LogP contribution in [0.1, 0.15) is 43.9 Å². The van der Waals surface area contributed by atoms with Crippen LogP contribution in [0.15, 0.2) is 18.2 Å². The Kier molecular flexibility index (Phi) is 4.61. The highest BCUT2D eigenvalue weighted by atomic mass is 16.6. The number of ether oxygens (including phenoxy) is 1. The molecule has 0 aromatic heterocycles. The Morgan fingerprint density at radius 2 is 2.28 bits per heavy atom. The fourth-order valence-electron chi connectivity index (χ4n) is 2.20. The third-order valence-corrected chi connectivity index (χ3v) is 3.14. The van der Waals surface area contributed by atoms with Gasteiger partial charge < -0.3 is 9.57 Å². The molecule has 0 fully saturated rings. The van der Waals surface area contributed by atoms with Crippen LogP contribution >= 0.6 is 0 Å². The van der Waals surface area contributed by atoms with Crippen LogP contribution < -0.4 is 10.2 Å². The van der Waals surface area contributed by atoms with E-state index in [1.54, 1.807) is 0 Å². The van der Waals surface area contributed by atoms with Crippen LogP contribution in [0.2, 0.25) is 0 Å². The van der Waals surface area contributed by atoms with E-state index in [2.05, 4.69) is 44.5 Å². The zero-order valence-electron chi connectivity index (χ0n) is 11.5. The van der Waals surface area contributed by atoms with E-state index in [1.807, 2.05) is 0 Å². The minimum absolute atomic E-state index is 0.237. The summed E-state index contributed by atoms with van der Waals surface area (Å²) in [5.74, 6) is 1.57. The van der Waals surface area contributed by atoms with E-state index in [9.17, 15) is 0 Å². The number of hydroxylamine groups is 1. The van der Waals surface area contributed by atoms with Crippen LogP contribution in [0.3, 0.4) is 0 Å². The number of fused-ring (bicyclic) bond motifs is 1. The summed E-state index contributed by atoms with van der Waals surface area (Å²) >= 11 is 0. The molecule has 1 aliphatic rings. The standard InChI is InChI=1S/C15H23NO2/c1-11(2)10-18-16-14-8-5-9-17-15-12(3)6-4-7-13(14)15/h4,6-7,11,14,16H,5,8-10H2,1-3H3. The topological polar surface area (TPSA) is 30.5 Å². The fourth-order valence-corrected chi connectivity index (χ4v) is 2.20. The minimum Gasteiger partial charge on any atom is -0.493 e. The first kappa shape index (κ1) is 13.4. The smallest absolute Gasteiger partial charge is 0.127 e. The maximum Gasteiger partial charge on any atom is 0.127 e. The number of hydrogen-bond acceptors (Lipinski definition) is 3. The third-order valence-electron chi connectivity index (χ3n) is 3.14. The highest BCUT2D eigenvalue weighted by Crippen LogP contribution is 2.33. The van der Waals surface area contributed by atoms with Gasteiger partial charge in [-0.25, -0.2) is 0 Å². The zero-order valence-corrected chi connectivity index (χ0v) is 11.5. The van der Waals surface area contributed by atoms with Crippen molar-refractivity contribution in [1.29, 1.82) is 0 Å². The molecular formula is C15H23NO2. The largest absolute Gasteiger partial charge is 0.493 e. The molecule has 0 radical (unpaired) electrons. The Balaban J connectivity index is 2.10. The molecule has 0 amide bonds. The molecule has 1 aliphatic heterocycles. The monoisotopic (exact) mass is 249 g/mol. The molecule has 1 aromatic carbocycles. The number of nitrogens with one attached hydrogen (secondary N) is 1. The average molecular weight is 249 g/mol. The van der Waals surface area contributed by atoms with Crippen molar-refractivity contribution in [3.63, 3.8) is 0 Å². The lowest BCUT2D eigenvalue weighted by Crippen LogP contribution is -2.23. The first-order chi connectivity index (χ1) is 8.68. The number of para-hydroxylation sites is 1. The van der Waals surface area contributed by atoms with E-state index in [1.165, 1.54) is 11.1 Å². The van der Waals surface area contributed by atoms with Gasteiger partial charge >= 0.3 is 0 Å². The molecule has 0 spiro atoms. The maximum absolute atomic E-state index is 5.84. The Morgan fingerprint density at radius 3 is 3.06 bits per heavy atom. The van der Waals surface area contributed by atoms with Gasteiger partial charge in [-0.1, -0.05) is 32.0 Å². The van der Waals surface area contributed by atoms with Gasteiger partial charge in [0.2, 0.25) is 0 Å². The molecule has 0 bridgehead atoms. The molecule has 1 atom stereocenters. The molecule has 2 rings (SSSR count). The van der Waals surface area contributed by atoms with E-state index in [0.717, 1.165) is 31.8 Å². The molecule has 0 aliphatic carbocycles. The van der Waals surface area contributed by atoms with Crippen LogP contribution in [-0.4, -0.2) is 13.2 Å². The van der Waals surface area contributed by atoms with Crippen molar-refractivity contribution in [3.8, 4) is 5.75 Å². The Morgan fingerprint density at radius 1 is 1.44 bits per heavy atom. The summed E-state index contributed by atoms with van der Waals surface area (Å²) in [5.41, 5.74) is 5.61. The third kappa shape index (κ3) is 3.24. The second-order valence-electron chi connectivity index (χ2n) is 5.36. The van der Waals surface area contributed by atoms with Gasteiger partial charge in [0.15, 0.2) is 0 Å². The predicted molar refractivity (Wildman–Crippen MR) is 72.6 cm³/mol. The van der Waals surface area contributed by atoms with Crippen LogP contribution in [0.4, 0.5) is 0 Å². The van der Waals surface area contributed by atoms with Crippen LogP contribution in [0.5, 0.6) is 5.75 Å². The lowest BCUT2D eigenvalue weighted by atomic mass is 10.0. The quantitative estimate of drug-likeness (QED) is 0.830. The molecule has 100 valence electrons. The Hall–Kier alpha value is -1.06. The van der Waals surface area contributed by atoms with Gasteiger partial charge in [-0.05, 0) is 31.2 Å². The van der Waals surface area contributed by atoms with Crippen LogP contribution in [0, 0.1) is 12.8 Å². The van der Waals surface area contributed by atoms with Gasteiger partial charge in [0.05, 0.1) is 19.3 Å². The van der Waals surface area contributed by atoms with Gasteiger partial charge in [0.1, 0.15) is 5.75 Å². The highest BCUT2D eigenvalue weighted by Gasteiger charge is 2.20. The number of aryl methyl sites for hydroxylation is 1. The molecule has 0 saturated carbocycles. The van der Waals surface area contributed by atoms with E-state index < -0.39 is 0 Å². The van der Waals surface area contributed by atoms with Crippen molar-refractivity contribution >= 4 is 0 Å². The summed E-state index contributed by atoms with van der Waals surface area (Å²) < 4.78 is 5.84. The summed E-state index contributed by atoms with van der Waals surface area (Å²) in [6, 6.07) is 6.54. The summed E-state index contributed by atoms with van der Waals surface area (Å²) in [6.07, 6.45) is 2.10. The summed E-state index contributed by atoms with van der Waals surface area (Å²) in [7, 11) is 0. The highest BCUT2D eigenvalue weighted by molar-refractivity contribution is 5.43. The van der Waals surface area contributed by atoms with Gasteiger partial charge in [-0.3, -0.25) is 0 Å². The van der Waals surface area contributed by atoms with Crippen molar-refractivity contribution in [2.45, 2.75) is 39.7 Å². The van der Waals surface area contributed by atoms with Crippen molar-refractivity contribution in [2.75, 3.05) is 13.2 Å². The normalized spacial score (nSPS) is 19.2. The zero-order chi connectivity index (χ0) is 13.0. The fraction of sp³-hybridized carbons (Fsp3) is 0.600. The maximum atomic E-state index is 5.84. The first-order valence-corrected chi connectivity index (χ1v) is 6.78. The van der Waals surface area contributed by atoms with Crippen molar-refractivity contribution in [1.82, 2.24) is 5.48 Å². The minimum atomic E-state index is 0.237. The van der Waals surface area contributed by atoms with Crippen molar-refractivity contribution < 1.29 is 9.57 Å². The lowest BCUT2D eigenvalue weighted by molar-refractivity contribution is -0.00142. The van der Waals surface area contributed by atoms with Gasteiger partial charge in [-0.15, -0.1) is 0 Å². The summed E-state index contributed by atoms with van der Waals surface area (Å²) in [5, 5.41) is 0. The van der Waals surface area contributed by atoms with Crippen molar-refractivity contribution in [2.24, 2.45) is 5.92 Å². The van der Waals surface area contributed by atoms with Crippen molar-refractivity contribution in [3.05, 3.63) is 29.3 Å². The molecule has 3 nitrogen and oxygen atoms in total. The van der Waals surface area contributed by atoms with Crippen LogP contribution in [-0.2, 0) is 4.84 Å². The van der Waals surface area contributed by atoms with E-state index in [0.29, 0.717) is 5.92 Å². The Labute approximate surface area is 109 Å². The molecule has 0 saturated heterocycles.